The maximum absolute atomic E-state index is 0. The second kappa shape index (κ2) is 16.4. The first-order valence-electron chi connectivity index (χ1n) is 0. The quantitative estimate of drug-likeness (QED) is 0.400. The molecule has 0 N–H and O–H groups in total. The van der Waals surface area contributed by atoms with Crippen molar-refractivity contribution in [1.29, 1.82) is 0 Å². The van der Waals surface area contributed by atoms with E-state index in [1.165, 1.54) is 0 Å². The van der Waals surface area contributed by atoms with Crippen molar-refractivity contribution in [2.75, 3.05) is 0 Å². The predicted octanol–water partition coefficient (Wildman–Crippen LogP) is -2.75. The third-order valence-corrected chi connectivity index (χ3v) is 0. The molecule has 0 aromatic heterocycles. The molecule has 0 heterocycles. The van der Waals surface area contributed by atoms with Crippen molar-refractivity contribution in [3.63, 3.8) is 0 Å². The van der Waals surface area contributed by atoms with Crippen molar-refractivity contribution in [3.05, 3.63) is 0 Å². The molecule has 0 bridgehead atoms. The Morgan fingerprint density at radius 2 is 1.00 bits per heavy atom. The first-order valence-corrected chi connectivity index (χ1v) is 0. The second-order valence-corrected chi connectivity index (χ2v) is 0. The third kappa shape index (κ3) is 8.96. The molecule has 0 saturated heterocycles. The van der Waals surface area contributed by atoms with Crippen molar-refractivity contribution in [3.8, 4) is 0 Å². The fraction of sp³-hybridized carbons (Fsp3) is 0. The van der Waals surface area contributed by atoms with Crippen molar-refractivity contribution in [2.45, 2.75) is 0 Å². The van der Waals surface area contributed by atoms with E-state index in [4.69, 9.17) is 0 Å². The van der Waals surface area contributed by atoms with Gasteiger partial charge in [0.05, 0.1) is 0 Å². The smallest absolute Gasteiger partial charge is 0 e. The molecule has 0 nitrogen and oxygen atoms in total. The van der Waals surface area contributed by atoms with Gasteiger partial charge in [-0.05, 0) is 0 Å². The number of rotatable bonds is 0. The summed E-state index contributed by atoms with van der Waals surface area (Å²) in [5, 5.41) is 0. The zero-order valence-corrected chi connectivity index (χ0v) is 1.30. The Hall–Kier alpha value is 3.19. The molecule has 0 radical (unpaired) electrons. The van der Waals surface area contributed by atoms with E-state index in [1.807, 2.05) is 0 Å². The van der Waals surface area contributed by atoms with Crippen LogP contribution in [-0.2, 0) is 16.5 Å². The van der Waals surface area contributed by atoms with E-state index < -0.39 is 0 Å². The van der Waals surface area contributed by atoms with Crippen LogP contribution < -0.4 is 0 Å². The minimum Gasteiger partial charge on any atom is 0 e. The Bertz CT molecular complexity index is 8.00. The summed E-state index contributed by atoms with van der Waals surface area (Å²) in [6, 6.07) is 0. The minimum atomic E-state index is 0. The van der Waals surface area contributed by atoms with Gasteiger partial charge in [-0.3, -0.25) is 0 Å². The molecule has 0 aliphatic rings. The summed E-state index contributed by atoms with van der Waals surface area (Å²) in [6.45, 7) is 0. The van der Waals surface area contributed by atoms with E-state index in [0.717, 1.165) is 0 Å². The number of hydrogen-bond acceptors (Lipinski definition) is 0. The summed E-state index contributed by atoms with van der Waals surface area (Å²) >= 11 is 0. The molecule has 0 amide bonds. The molecule has 4 heavy (non-hydrogen) atoms. The van der Waals surface area contributed by atoms with Gasteiger partial charge < -0.3 is 0 Å². The topological polar surface area (TPSA) is 0 Å². The van der Waals surface area contributed by atoms with E-state index >= 15 is 0 Å². The molecule has 22 valence electrons. The first-order chi connectivity index (χ1) is 0. The monoisotopic (exact) mass is 236 g/mol. The Balaban J connectivity index is 0. The van der Waals surface area contributed by atoms with E-state index in [0.29, 0.717) is 0 Å². The summed E-state index contributed by atoms with van der Waals surface area (Å²) < 4.78 is 0. The van der Waals surface area contributed by atoms with Gasteiger partial charge in [-0.25, -0.2) is 0 Å². The summed E-state index contributed by atoms with van der Waals surface area (Å²) in [7, 11) is 0. The van der Waals surface area contributed by atoms with E-state index in [2.05, 4.69) is 0 Å². The third-order valence-electron chi connectivity index (χ3n) is 0. The Morgan fingerprint density at radius 3 is 1.00 bits per heavy atom. The molecule has 0 aromatic carbocycles. The fourth-order valence-corrected chi connectivity index (χ4v) is 0. The van der Waals surface area contributed by atoms with Crippen LogP contribution in [0.2, 0.25) is 0 Å². The van der Waals surface area contributed by atoms with Gasteiger partial charge in [0.2, 0.25) is 0 Å². The molecule has 0 aromatic rings. The van der Waals surface area contributed by atoms with Crippen LogP contribution in [0.5, 0.6) is 0 Å². The van der Waals surface area contributed by atoms with Crippen LogP contribution in [0.25, 0.3) is 0 Å². The number of hydrogen-bond donors (Lipinski definition) is 0. The zero-order valence-electron chi connectivity index (χ0n) is 0.316. The first kappa shape index (κ1) is 27.1. The SMILES string of the molecule is [AlH3].[BaH2].[LiH].[Ni]. The van der Waals surface area contributed by atoms with Crippen molar-refractivity contribution >= 4 is 85.1 Å². The Kier molecular flexibility index (Phi) is 111. The summed E-state index contributed by atoms with van der Waals surface area (Å²) in [4.78, 5) is 0. The van der Waals surface area contributed by atoms with Crippen LogP contribution in [0.1, 0.15) is 0 Å². The van der Waals surface area contributed by atoms with Crippen LogP contribution >= 0.6 is 0 Å². The Labute approximate surface area is 99.2 Å². The van der Waals surface area contributed by atoms with Gasteiger partial charge in [0.15, 0.2) is 17.4 Å². The normalized spacial score (nSPS) is 0. The zero-order chi connectivity index (χ0) is 0. The van der Waals surface area contributed by atoms with Crippen molar-refractivity contribution in [2.24, 2.45) is 0 Å². The van der Waals surface area contributed by atoms with Gasteiger partial charge in [0.25, 0.3) is 0 Å². The maximum Gasteiger partial charge on any atom is 0 e. The van der Waals surface area contributed by atoms with Crippen molar-refractivity contribution in [1.82, 2.24) is 0 Å². The molecule has 0 unspecified atom stereocenters. The van der Waals surface area contributed by atoms with Gasteiger partial charge in [0, 0.05) is 16.5 Å². The summed E-state index contributed by atoms with van der Waals surface area (Å²) in [6.07, 6.45) is 0. The minimum absolute atomic E-state index is 0. The molecule has 0 spiro atoms. The molecular weight excluding hydrogens is 230 g/mol. The van der Waals surface area contributed by atoms with E-state index in [9.17, 15) is 0 Å². The molecule has 0 saturated carbocycles. The average molecular weight is 236 g/mol. The van der Waals surface area contributed by atoms with Crippen LogP contribution in [0.15, 0.2) is 0 Å². The molecule has 0 aliphatic carbocycles. The van der Waals surface area contributed by atoms with E-state index in [-0.39, 0.29) is 102 Å². The van der Waals surface area contributed by atoms with Gasteiger partial charge >= 0.3 is 67.7 Å². The Morgan fingerprint density at radius 1 is 1.00 bits per heavy atom. The van der Waals surface area contributed by atoms with Gasteiger partial charge in [0.1, 0.15) is 0 Å². The predicted molar refractivity (Wildman–Crippen MR) is 25.6 cm³/mol. The maximum atomic E-state index is 0. The summed E-state index contributed by atoms with van der Waals surface area (Å²) in [5.74, 6) is 0. The van der Waals surface area contributed by atoms with Gasteiger partial charge in [-0.15, -0.1) is 0 Å². The second-order valence-electron chi connectivity index (χ2n) is 0. The summed E-state index contributed by atoms with van der Waals surface area (Å²) in [5.41, 5.74) is 0. The van der Waals surface area contributed by atoms with Gasteiger partial charge in [-0.2, -0.15) is 0 Å². The largest absolute Gasteiger partial charge is 0 e. The molecule has 0 aliphatic heterocycles. The van der Waals surface area contributed by atoms with Crippen LogP contribution in [0.3, 0.4) is 0 Å². The fourth-order valence-electron chi connectivity index (χ4n) is 0. The van der Waals surface area contributed by atoms with Crippen LogP contribution in [-0.4, -0.2) is 85.1 Å². The average Bonchev–Trinajstić information content (AvgIpc) is 0. The molecule has 0 rings (SSSR count). The van der Waals surface area contributed by atoms with Crippen LogP contribution in [0.4, 0.5) is 0 Å². The van der Waals surface area contributed by atoms with Crippen molar-refractivity contribution < 1.29 is 16.5 Å². The molecular formula is H6AlBaLiNi. The van der Waals surface area contributed by atoms with Gasteiger partial charge in [-0.1, -0.05) is 0 Å². The van der Waals surface area contributed by atoms with E-state index in [1.54, 1.807) is 0 Å². The molecule has 0 atom stereocenters. The van der Waals surface area contributed by atoms with Crippen LogP contribution in [0, 0.1) is 0 Å². The molecule has 4 heteroatoms. The standard InChI is InChI=1S/Al.Ba.Li.Ni.6H. The molecule has 0 fully saturated rings.